The van der Waals surface area contributed by atoms with Crippen molar-refractivity contribution in [2.24, 2.45) is 17.3 Å². The minimum atomic E-state index is -4.67. The molecular formula is C40H52F3N7O6. The molecule has 2 aromatic rings. The van der Waals surface area contributed by atoms with Crippen molar-refractivity contribution < 1.29 is 41.9 Å². The van der Waals surface area contributed by atoms with Crippen LogP contribution in [0.1, 0.15) is 113 Å². The Morgan fingerprint density at radius 3 is 2.23 bits per heavy atom. The molecule has 2 saturated carbocycles. The van der Waals surface area contributed by atoms with E-state index in [-0.39, 0.29) is 42.7 Å². The topological polar surface area (TPSA) is 180 Å². The van der Waals surface area contributed by atoms with Crippen LogP contribution in [0.4, 0.5) is 13.2 Å². The molecule has 0 spiro atoms. The number of alkyl halides is 3. The van der Waals surface area contributed by atoms with Crippen LogP contribution in [0.5, 0.6) is 0 Å². The van der Waals surface area contributed by atoms with E-state index in [9.17, 15) is 41.9 Å². The molecule has 3 aliphatic rings. The monoisotopic (exact) mass is 783 g/mol. The lowest BCUT2D eigenvalue weighted by Gasteiger charge is -2.36. The van der Waals surface area contributed by atoms with Gasteiger partial charge in [0.05, 0.1) is 23.7 Å². The van der Waals surface area contributed by atoms with Gasteiger partial charge in [0.15, 0.2) is 0 Å². The first-order chi connectivity index (χ1) is 26.5. The van der Waals surface area contributed by atoms with Crippen molar-refractivity contribution in [3.8, 4) is 0 Å². The van der Waals surface area contributed by atoms with Crippen LogP contribution >= 0.6 is 0 Å². The molecule has 1 saturated heterocycles. The summed E-state index contributed by atoms with van der Waals surface area (Å²) >= 11 is 0. The molecule has 13 nitrogen and oxygen atoms in total. The quantitative estimate of drug-likeness (QED) is 0.207. The molecule has 3 fully saturated rings. The molecule has 5 atom stereocenters. The molecule has 304 valence electrons. The van der Waals surface area contributed by atoms with Crippen LogP contribution < -0.4 is 21.3 Å². The summed E-state index contributed by atoms with van der Waals surface area (Å²) in [6.45, 7) is 6.65. The number of amides is 5. The van der Waals surface area contributed by atoms with Crippen molar-refractivity contribution in [3.63, 3.8) is 0 Å². The molecule has 4 N–H and O–H groups in total. The Bertz CT molecular complexity index is 1760. The second kappa shape index (κ2) is 17.9. The van der Waals surface area contributed by atoms with Gasteiger partial charge in [-0.1, -0.05) is 71.6 Å². The van der Waals surface area contributed by atoms with Crippen molar-refractivity contribution >= 4 is 35.3 Å². The molecule has 16 heteroatoms. The van der Waals surface area contributed by atoms with Crippen molar-refractivity contribution in [1.82, 2.24) is 36.1 Å². The number of Topliss-reactive ketones (excluding diaryl/α,β-unsaturated/α-hetero) is 1. The maximum absolute atomic E-state index is 14.6. The predicted molar refractivity (Wildman–Crippen MR) is 199 cm³/mol. The number of hydrogen-bond acceptors (Lipinski definition) is 8. The first-order valence-electron chi connectivity index (χ1n) is 19.5. The fourth-order valence-electron chi connectivity index (χ4n) is 7.57. The highest BCUT2D eigenvalue weighted by atomic mass is 19.4. The van der Waals surface area contributed by atoms with Gasteiger partial charge in [-0.2, -0.15) is 13.2 Å². The van der Waals surface area contributed by atoms with Crippen LogP contribution in [0.25, 0.3) is 0 Å². The molecule has 1 aromatic heterocycles. The van der Waals surface area contributed by atoms with Crippen LogP contribution in [0.3, 0.4) is 0 Å². The number of halogens is 3. The van der Waals surface area contributed by atoms with Gasteiger partial charge in [0.25, 0.3) is 11.8 Å². The molecule has 5 rings (SSSR count). The summed E-state index contributed by atoms with van der Waals surface area (Å²) < 4.78 is 41.6. The number of carbonyl (C=O) groups is 6. The highest BCUT2D eigenvalue weighted by Crippen LogP contribution is 2.38. The van der Waals surface area contributed by atoms with Crippen molar-refractivity contribution in [1.29, 1.82) is 0 Å². The molecule has 2 aliphatic carbocycles. The summed E-state index contributed by atoms with van der Waals surface area (Å²) in [5, 5.41) is 11.0. The number of ketones is 1. The van der Waals surface area contributed by atoms with E-state index in [1.54, 1.807) is 27.7 Å². The Morgan fingerprint density at radius 2 is 1.62 bits per heavy atom. The second-order valence-corrected chi connectivity index (χ2v) is 16.3. The average molecular weight is 784 g/mol. The standard InChI is InChI=1S/C40H52F3N7O6/c1-5-10-29(32(51)37(55)46-26-15-16-26)47-34(52)28-22-50(21-27(28)24-13-9-14-25(19-24)40(41,42)43)38(56)33(39(2,3)4)49-36(54)31(23-11-7-6-8-12-23)48-35(53)30-20-44-17-18-45-30/h9,13-14,17-20,23,26-29,31,33H,5-8,10-12,15-16,21-22H2,1-4H3,(H,46,55)(H,47,52)(H,48,53)(H,49,54)/t27-,28+,29-,31+,33-/m0/s1. The zero-order valence-electron chi connectivity index (χ0n) is 32.3. The van der Waals surface area contributed by atoms with Crippen LogP contribution in [0, 0.1) is 17.3 Å². The van der Waals surface area contributed by atoms with E-state index < -0.39 is 82.4 Å². The van der Waals surface area contributed by atoms with Crippen molar-refractivity contribution in [3.05, 3.63) is 59.7 Å². The van der Waals surface area contributed by atoms with Crippen molar-refractivity contribution in [2.75, 3.05) is 13.1 Å². The third-order valence-corrected chi connectivity index (χ3v) is 10.8. The number of likely N-dealkylation sites (tertiary alicyclic amines) is 1. The smallest absolute Gasteiger partial charge is 0.347 e. The normalized spacial score (nSPS) is 20.7. The maximum atomic E-state index is 14.6. The molecular weight excluding hydrogens is 731 g/mol. The Labute approximate surface area is 324 Å². The summed E-state index contributed by atoms with van der Waals surface area (Å²) in [5.41, 5.74) is -1.62. The first-order valence-corrected chi connectivity index (χ1v) is 19.5. The first kappa shape index (κ1) is 42.3. The van der Waals surface area contributed by atoms with Gasteiger partial charge in [0.1, 0.15) is 17.8 Å². The third-order valence-electron chi connectivity index (χ3n) is 10.8. The molecule has 1 aromatic carbocycles. The van der Waals surface area contributed by atoms with E-state index in [4.69, 9.17) is 0 Å². The largest absolute Gasteiger partial charge is 0.416 e. The molecule has 1 aliphatic heterocycles. The molecule has 2 heterocycles. The van der Waals surface area contributed by atoms with Crippen LogP contribution in [0.15, 0.2) is 42.9 Å². The van der Waals surface area contributed by atoms with E-state index in [1.807, 2.05) is 0 Å². The zero-order valence-corrected chi connectivity index (χ0v) is 32.3. The second-order valence-electron chi connectivity index (χ2n) is 16.3. The Balaban J connectivity index is 1.41. The Hall–Kier alpha value is -4.89. The van der Waals surface area contributed by atoms with E-state index in [0.717, 1.165) is 44.2 Å². The molecule has 0 radical (unpaired) electrons. The summed E-state index contributed by atoms with van der Waals surface area (Å²) in [4.78, 5) is 91.2. The number of nitrogens with one attached hydrogen (secondary N) is 4. The summed E-state index contributed by atoms with van der Waals surface area (Å²) in [7, 11) is 0. The lowest BCUT2D eigenvalue weighted by atomic mass is 9.82. The van der Waals surface area contributed by atoms with Gasteiger partial charge in [-0.15, -0.1) is 0 Å². The average Bonchev–Trinajstić information content (AvgIpc) is 3.87. The van der Waals surface area contributed by atoms with Gasteiger partial charge >= 0.3 is 6.18 Å². The van der Waals surface area contributed by atoms with Gasteiger partial charge in [-0.05, 0) is 55.1 Å². The summed E-state index contributed by atoms with van der Waals surface area (Å²) in [5.74, 6) is -6.28. The van der Waals surface area contributed by atoms with Gasteiger partial charge in [0.2, 0.25) is 23.5 Å². The van der Waals surface area contributed by atoms with Gasteiger partial charge in [-0.25, -0.2) is 4.98 Å². The number of carbonyl (C=O) groups excluding carboxylic acids is 6. The van der Waals surface area contributed by atoms with Crippen LogP contribution in [0.2, 0.25) is 0 Å². The van der Waals surface area contributed by atoms with E-state index in [2.05, 4.69) is 31.2 Å². The summed E-state index contributed by atoms with van der Waals surface area (Å²) in [6.07, 6.45) is 5.58. The highest BCUT2D eigenvalue weighted by molar-refractivity contribution is 6.38. The maximum Gasteiger partial charge on any atom is 0.416 e. The minimum absolute atomic E-state index is 0.0259. The minimum Gasteiger partial charge on any atom is -0.347 e. The molecule has 0 bridgehead atoms. The molecule has 5 amide bonds. The van der Waals surface area contributed by atoms with Gasteiger partial charge in [0, 0.05) is 37.4 Å². The predicted octanol–water partition coefficient (Wildman–Crippen LogP) is 4.08. The third kappa shape index (κ3) is 10.7. The molecule has 0 unspecified atom stereocenters. The molecule has 56 heavy (non-hydrogen) atoms. The number of nitrogens with zero attached hydrogens (tertiary/aromatic N) is 3. The van der Waals surface area contributed by atoms with Crippen molar-refractivity contribution in [2.45, 2.75) is 122 Å². The lowest BCUT2D eigenvalue weighted by Crippen LogP contribution is -2.60. The Morgan fingerprint density at radius 1 is 0.911 bits per heavy atom. The van der Waals surface area contributed by atoms with Gasteiger partial charge < -0.3 is 26.2 Å². The zero-order chi connectivity index (χ0) is 40.8. The van der Waals surface area contributed by atoms with Crippen LogP contribution in [-0.2, 0) is 30.1 Å². The highest BCUT2D eigenvalue weighted by Gasteiger charge is 2.47. The fourth-order valence-corrected chi connectivity index (χ4v) is 7.57. The number of benzene rings is 1. The lowest BCUT2D eigenvalue weighted by molar-refractivity contribution is -0.141. The summed E-state index contributed by atoms with van der Waals surface area (Å²) in [6, 6.07) is 1.14. The number of aromatic nitrogens is 2. The van der Waals surface area contributed by atoms with Gasteiger partial charge in [-0.3, -0.25) is 33.8 Å². The van der Waals surface area contributed by atoms with E-state index in [1.165, 1.54) is 35.6 Å². The SMILES string of the molecule is CCC[C@H](NC(=O)[C@@H]1CN(C(=O)[C@H](NC(=O)[C@H](NC(=O)c2cnccn2)C2CCCCC2)C(C)(C)C)C[C@H]1c1cccc(C(F)(F)F)c1)C(=O)C(=O)NC1CC1. The number of hydrogen-bond donors (Lipinski definition) is 4. The number of rotatable bonds is 14. The van der Waals surface area contributed by atoms with E-state index in [0.29, 0.717) is 19.3 Å². The van der Waals surface area contributed by atoms with E-state index >= 15 is 0 Å². The van der Waals surface area contributed by atoms with Crippen LogP contribution in [-0.4, -0.2) is 87.4 Å². The Kier molecular flexibility index (Phi) is 13.5. The fraction of sp³-hybridized carbons (Fsp3) is 0.600.